The number of fused-ring (bicyclic) bond motifs is 1. The van der Waals surface area contributed by atoms with Crippen molar-refractivity contribution in [3.8, 4) is 16.9 Å². The molecule has 1 atom stereocenters. The SMILES string of the molecule is COC(=O)[C@H](C)Oc1cc2oc(=O)cc(-c3ccccc3)c2cc1Cl. The third-order valence-corrected chi connectivity index (χ3v) is 4.01. The highest BCUT2D eigenvalue weighted by Gasteiger charge is 2.18. The molecule has 6 heteroatoms. The zero-order chi connectivity index (χ0) is 18.0. The Kier molecular flexibility index (Phi) is 4.76. The fourth-order valence-electron chi connectivity index (χ4n) is 2.51. The van der Waals surface area contributed by atoms with Gasteiger partial charge in [-0.25, -0.2) is 9.59 Å². The van der Waals surface area contributed by atoms with Crippen molar-refractivity contribution in [3.05, 3.63) is 64.0 Å². The second kappa shape index (κ2) is 6.99. The molecule has 0 unspecified atom stereocenters. The molecule has 3 rings (SSSR count). The third-order valence-electron chi connectivity index (χ3n) is 3.72. The third kappa shape index (κ3) is 3.51. The summed E-state index contributed by atoms with van der Waals surface area (Å²) < 4.78 is 15.4. The van der Waals surface area contributed by atoms with Gasteiger partial charge in [-0.1, -0.05) is 41.9 Å². The normalized spacial score (nSPS) is 12.0. The van der Waals surface area contributed by atoms with Gasteiger partial charge < -0.3 is 13.9 Å². The zero-order valence-corrected chi connectivity index (χ0v) is 14.4. The van der Waals surface area contributed by atoms with Crippen LogP contribution in [0.1, 0.15) is 6.92 Å². The molecule has 3 aromatic rings. The van der Waals surface area contributed by atoms with E-state index in [0.717, 1.165) is 5.56 Å². The van der Waals surface area contributed by atoms with E-state index in [0.29, 0.717) is 21.6 Å². The largest absolute Gasteiger partial charge is 0.477 e. The fourth-order valence-corrected chi connectivity index (χ4v) is 2.72. The average molecular weight is 359 g/mol. The topological polar surface area (TPSA) is 65.7 Å². The van der Waals surface area contributed by atoms with E-state index < -0.39 is 17.7 Å². The molecule has 25 heavy (non-hydrogen) atoms. The molecule has 0 aliphatic rings. The molecule has 0 fully saturated rings. The van der Waals surface area contributed by atoms with Gasteiger partial charge in [0.25, 0.3) is 0 Å². The lowest BCUT2D eigenvalue weighted by atomic mass is 10.0. The second-order valence-corrected chi connectivity index (χ2v) is 5.81. The molecule has 1 heterocycles. The van der Waals surface area contributed by atoms with Gasteiger partial charge in [0.05, 0.1) is 12.1 Å². The Bertz CT molecular complexity index is 978. The van der Waals surface area contributed by atoms with Gasteiger partial charge in [-0.2, -0.15) is 0 Å². The van der Waals surface area contributed by atoms with Crippen LogP contribution in [0.4, 0.5) is 0 Å². The van der Waals surface area contributed by atoms with Crippen LogP contribution in [-0.2, 0) is 9.53 Å². The van der Waals surface area contributed by atoms with E-state index in [9.17, 15) is 9.59 Å². The van der Waals surface area contributed by atoms with Crippen LogP contribution in [0.3, 0.4) is 0 Å². The van der Waals surface area contributed by atoms with Crippen LogP contribution in [-0.4, -0.2) is 19.2 Å². The molecule has 0 aliphatic carbocycles. The monoisotopic (exact) mass is 358 g/mol. The molecule has 5 nitrogen and oxygen atoms in total. The lowest BCUT2D eigenvalue weighted by Gasteiger charge is -2.14. The molecule has 0 aliphatic heterocycles. The second-order valence-electron chi connectivity index (χ2n) is 5.41. The molecule has 0 bridgehead atoms. The van der Waals surface area contributed by atoms with Gasteiger partial charge in [-0.05, 0) is 24.1 Å². The summed E-state index contributed by atoms with van der Waals surface area (Å²) in [4.78, 5) is 23.5. The maximum absolute atomic E-state index is 11.9. The Morgan fingerprint density at radius 3 is 2.56 bits per heavy atom. The summed E-state index contributed by atoms with van der Waals surface area (Å²) in [7, 11) is 1.27. The summed E-state index contributed by atoms with van der Waals surface area (Å²) in [6, 6.07) is 14.0. The minimum atomic E-state index is -0.844. The van der Waals surface area contributed by atoms with E-state index in [1.54, 1.807) is 13.0 Å². The predicted octanol–water partition coefficient (Wildman–Crippen LogP) is 4.05. The van der Waals surface area contributed by atoms with Crippen molar-refractivity contribution in [2.75, 3.05) is 7.11 Å². The van der Waals surface area contributed by atoms with Crippen LogP contribution >= 0.6 is 11.6 Å². The van der Waals surface area contributed by atoms with Crippen LogP contribution in [0.25, 0.3) is 22.1 Å². The number of methoxy groups -OCH3 is 1. The number of hydrogen-bond donors (Lipinski definition) is 0. The molecular weight excluding hydrogens is 344 g/mol. The quantitative estimate of drug-likeness (QED) is 0.520. The van der Waals surface area contributed by atoms with E-state index in [4.69, 9.17) is 20.8 Å². The van der Waals surface area contributed by atoms with Gasteiger partial charge in [-0.3, -0.25) is 0 Å². The Hall–Kier alpha value is -2.79. The van der Waals surface area contributed by atoms with Crippen molar-refractivity contribution < 1.29 is 18.7 Å². The number of halogens is 1. The standard InChI is InChI=1S/C19H15ClO5/c1-11(19(22)23-2)24-17-10-16-14(8-15(17)20)13(9-18(21)25-16)12-6-4-3-5-7-12/h3-11H,1-2H3/t11-/m0/s1. The van der Waals surface area contributed by atoms with Gasteiger partial charge in [0.1, 0.15) is 11.3 Å². The van der Waals surface area contributed by atoms with E-state index in [1.165, 1.54) is 19.2 Å². The number of ether oxygens (including phenoxy) is 2. The maximum Gasteiger partial charge on any atom is 0.346 e. The Labute approximate surface area is 148 Å². The van der Waals surface area contributed by atoms with Gasteiger partial charge in [0.15, 0.2) is 6.10 Å². The van der Waals surface area contributed by atoms with Crippen molar-refractivity contribution in [3.63, 3.8) is 0 Å². The molecule has 128 valence electrons. The first kappa shape index (κ1) is 17.0. The highest BCUT2D eigenvalue weighted by Crippen LogP contribution is 2.35. The first-order valence-electron chi connectivity index (χ1n) is 7.57. The Morgan fingerprint density at radius 1 is 1.16 bits per heavy atom. The number of esters is 1. The molecule has 0 spiro atoms. The summed E-state index contributed by atoms with van der Waals surface area (Å²) in [5.41, 5.74) is 1.41. The van der Waals surface area contributed by atoms with Crippen LogP contribution in [0.5, 0.6) is 5.75 Å². The van der Waals surface area contributed by atoms with E-state index in [-0.39, 0.29) is 5.75 Å². The van der Waals surface area contributed by atoms with Crippen LogP contribution in [0.15, 0.2) is 57.7 Å². The predicted molar refractivity (Wildman–Crippen MR) is 95.0 cm³/mol. The van der Waals surface area contributed by atoms with Gasteiger partial charge in [0.2, 0.25) is 0 Å². The van der Waals surface area contributed by atoms with Crippen LogP contribution < -0.4 is 10.4 Å². The summed E-state index contributed by atoms with van der Waals surface area (Å²) >= 11 is 6.30. The number of hydrogen-bond acceptors (Lipinski definition) is 5. The van der Waals surface area contributed by atoms with Gasteiger partial charge in [-0.15, -0.1) is 0 Å². The van der Waals surface area contributed by atoms with E-state index in [2.05, 4.69) is 4.74 Å². The Balaban J connectivity index is 2.13. The van der Waals surface area contributed by atoms with Crippen molar-refractivity contribution in [2.45, 2.75) is 13.0 Å². The smallest absolute Gasteiger partial charge is 0.346 e. The maximum atomic E-state index is 11.9. The molecule has 2 aromatic carbocycles. The van der Waals surface area contributed by atoms with E-state index >= 15 is 0 Å². The first-order chi connectivity index (χ1) is 12.0. The Morgan fingerprint density at radius 2 is 1.88 bits per heavy atom. The molecule has 0 radical (unpaired) electrons. The van der Waals surface area contributed by atoms with Crippen molar-refractivity contribution in [1.29, 1.82) is 0 Å². The number of rotatable bonds is 4. The summed E-state index contributed by atoms with van der Waals surface area (Å²) in [5.74, 6) is -0.295. The summed E-state index contributed by atoms with van der Waals surface area (Å²) in [5, 5.41) is 0.975. The lowest BCUT2D eigenvalue weighted by molar-refractivity contribution is -0.147. The minimum absolute atomic E-state index is 0.237. The summed E-state index contributed by atoms with van der Waals surface area (Å²) in [6.45, 7) is 1.54. The number of carbonyl (C=O) groups is 1. The lowest BCUT2D eigenvalue weighted by Crippen LogP contribution is -2.25. The number of benzene rings is 2. The number of carbonyl (C=O) groups excluding carboxylic acids is 1. The zero-order valence-electron chi connectivity index (χ0n) is 13.6. The molecule has 0 saturated carbocycles. The highest BCUT2D eigenvalue weighted by atomic mass is 35.5. The van der Waals surface area contributed by atoms with E-state index in [1.807, 2.05) is 30.3 Å². The molecule has 0 saturated heterocycles. The van der Waals surface area contributed by atoms with Crippen LogP contribution in [0.2, 0.25) is 5.02 Å². The average Bonchev–Trinajstić information content (AvgIpc) is 2.62. The molecule has 0 amide bonds. The fraction of sp³-hybridized carbons (Fsp3) is 0.158. The van der Waals surface area contributed by atoms with Crippen molar-refractivity contribution in [1.82, 2.24) is 0 Å². The minimum Gasteiger partial charge on any atom is -0.477 e. The molecular formula is C19H15ClO5. The van der Waals surface area contributed by atoms with Crippen molar-refractivity contribution >= 4 is 28.5 Å². The highest BCUT2D eigenvalue weighted by molar-refractivity contribution is 6.33. The molecule has 1 aromatic heterocycles. The van der Waals surface area contributed by atoms with Crippen molar-refractivity contribution in [2.24, 2.45) is 0 Å². The molecule has 0 N–H and O–H groups in total. The van der Waals surface area contributed by atoms with Gasteiger partial charge in [0, 0.05) is 17.5 Å². The first-order valence-corrected chi connectivity index (χ1v) is 7.94. The summed E-state index contributed by atoms with van der Waals surface area (Å²) in [6.07, 6.45) is -0.844. The van der Waals surface area contributed by atoms with Crippen LogP contribution in [0, 0.1) is 0 Å². The van der Waals surface area contributed by atoms with Gasteiger partial charge >= 0.3 is 11.6 Å².